The first-order valence-corrected chi connectivity index (χ1v) is 3.86. The Morgan fingerprint density at radius 3 is 2.30 bits per heavy atom. The summed E-state index contributed by atoms with van der Waals surface area (Å²) in [6.07, 6.45) is 3.95. The molecule has 3 heteroatoms. The van der Waals surface area contributed by atoms with Gasteiger partial charge < -0.3 is 10.6 Å². The van der Waals surface area contributed by atoms with E-state index >= 15 is 0 Å². The summed E-state index contributed by atoms with van der Waals surface area (Å²) in [5.74, 6) is 0. The molecule has 1 heterocycles. The van der Waals surface area contributed by atoms with Crippen LogP contribution in [0.15, 0.2) is 0 Å². The fraction of sp³-hybridized carbons (Fsp3) is 1.00. The highest BCUT2D eigenvalue weighted by atomic mass is 127. The predicted molar refractivity (Wildman–Crippen MR) is 54.8 cm³/mol. The summed E-state index contributed by atoms with van der Waals surface area (Å²) in [6, 6.07) is 0. The third-order valence-electron chi connectivity index (χ3n) is 1.88. The van der Waals surface area contributed by atoms with Gasteiger partial charge in [0.05, 0.1) is 0 Å². The van der Waals surface area contributed by atoms with Crippen molar-refractivity contribution in [1.82, 2.24) is 4.90 Å². The van der Waals surface area contributed by atoms with Crippen molar-refractivity contribution < 1.29 is 0 Å². The summed E-state index contributed by atoms with van der Waals surface area (Å²) in [5.41, 5.74) is 5.38. The van der Waals surface area contributed by atoms with E-state index in [0.29, 0.717) is 0 Å². The Balaban J connectivity index is 0.000000810. The first-order chi connectivity index (χ1) is 4.43. The number of rotatable bonds is 3. The second-order valence-corrected chi connectivity index (χ2v) is 2.69. The molecule has 0 atom stereocenters. The van der Waals surface area contributed by atoms with Gasteiger partial charge in [0.25, 0.3) is 0 Å². The fourth-order valence-electron chi connectivity index (χ4n) is 1.32. The Bertz CT molecular complexity index is 72.0. The highest BCUT2D eigenvalue weighted by Crippen LogP contribution is 2.06. The molecule has 0 saturated carbocycles. The SMILES string of the molecule is I.NCCCN1CCCC1. The van der Waals surface area contributed by atoms with Gasteiger partial charge in [0.1, 0.15) is 0 Å². The molecule has 0 spiro atoms. The maximum Gasteiger partial charge on any atom is -0.000672 e. The Morgan fingerprint density at radius 1 is 1.20 bits per heavy atom. The molecule has 10 heavy (non-hydrogen) atoms. The van der Waals surface area contributed by atoms with E-state index in [2.05, 4.69) is 4.90 Å². The standard InChI is InChI=1S/C7H16N2.HI/c8-4-3-7-9-5-1-2-6-9;/h1-8H2;1H. The summed E-state index contributed by atoms with van der Waals surface area (Å²) in [7, 11) is 0. The summed E-state index contributed by atoms with van der Waals surface area (Å²) < 4.78 is 0. The lowest BCUT2D eigenvalue weighted by Gasteiger charge is -2.12. The van der Waals surface area contributed by atoms with Crippen LogP contribution < -0.4 is 5.73 Å². The third-order valence-corrected chi connectivity index (χ3v) is 1.88. The van der Waals surface area contributed by atoms with E-state index in [1.807, 2.05) is 0 Å². The molecule has 2 N–H and O–H groups in total. The van der Waals surface area contributed by atoms with Crippen LogP contribution in [0.4, 0.5) is 0 Å². The summed E-state index contributed by atoms with van der Waals surface area (Å²) >= 11 is 0. The number of hydrogen-bond donors (Lipinski definition) is 1. The van der Waals surface area contributed by atoms with Gasteiger partial charge in [-0.05, 0) is 45.4 Å². The lowest BCUT2D eigenvalue weighted by atomic mass is 10.4. The fourth-order valence-corrected chi connectivity index (χ4v) is 1.32. The average Bonchev–Trinajstić information content (AvgIpc) is 2.34. The van der Waals surface area contributed by atoms with Crippen molar-refractivity contribution in [3.8, 4) is 0 Å². The van der Waals surface area contributed by atoms with Crippen LogP contribution in [-0.2, 0) is 0 Å². The van der Waals surface area contributed by atoms with Crippen LogP contribution in [0.2, 0.25) is 0 Å². The van der Waals surface area contributed by atoms with E-state index in [4.69, 9.17) is 5.73 Å². The molecule has 0 aromatic carbocycles. The zero-order chi connectivity index (χ0) is 6.53. The molecule has 1 rings (SSSR count). The van der Waals surface area contributed by atoms with Gasteiger partial charge in [-0.3, -0.25) is 0 Å². The number of nitrogens with two attached hydrogens (primary N) is 1. The minimum atomic E-state index is 0. The van der Waals surface area contributed by atoms with Gasteiger partial charge in [0.15, 0.2) is 0 Å². The molecular weight excluding hydrogens is 239 g/mol. The maximum atomic E-state index is 5.38. The van der Waals surface area contributed by atoms with Crippen LogP contribution in [-0.4, -0.2) is 31.1 Å². The van der Waals surface area contributed by atoms with Crippen molar-refractivity contribution in [2.24, 2.45) is 5.73 Å². The Labute approximate surface area is 80.2 Å². The monoisotopic (exact) mass is 256 g/mol. The lowest BCUT2D eigenvalue weighted by Crippen LogP contribution is -2.22. The molecular formula is C7H17IN2. The van der Waals surface area contributed by atoms with Crippen molar-refractivity contribution in [3.63, 3.8) is 0 Å². The van der Waals surface area contributed by atoms with Gasteiger partial charge in [0.2, 0.25) is 0 Å². The normalized spacial score (nSPS) is 18.9. The average molecular weight is 256 g/mol. The molecule has 0 radical (unpaired) electrons. The number of nitrogens with zero attached hydrogens (tertiary/aromatic N) is 1. The second kappa shape index (κ2) is 6.37. The van der Waals surface area contributed by atoms with Crippen LogP contribution in [0.5, 0.6) is 0 Å². The van der Waals surface area contributed by atoms with E-state index in [-0.39, 0.29) is 24.0 Å². The van der Waals surface area contributed by atoms with Gasteiger partial charge >= 0.3 is 0 Å². The quantitative estimate of drug-likeness (QED) is 0.765. The van der Waals surface area contributed by atoms with Crippen molar-refractivity contribution in [2.75, 3.05) is 26.2 Å². The van der Waals surface area contributed by atoms with Crippen molar-refractivity contribution >= 4 is 24.0 Å². The van der Waals surface area contributed by atoms with Gasteiger partial charge in [-0.1, -0.05) is 0 Å². The smallest absolute Gasteiger partial charge is 0.000672 e. The van der Waals surface area contributed by atoms with Crippen molar-refractivity contribution in [1.29, 1.82) is 0 Å². The molecule has 1 aliphatic heterocycles. The third kappa shape index (κ3) is 3.73. The van der Waals surface area contributed by atoms with E-state index in [1.165, 1.54) is 38.9 Å². The van der Waals surface area contributed by atoms with E-state index in [1.54, 1.807) is 0 Å². The first kappa shape index (κ1) is 10.7. The predicted octanol–water partition coefficient (Wildman–Crippen LogP) is 1.05. The molecule has 0 bridgehead atoms. The number of halogens is 1. The van der Waals surface area contributed by atoms with Crippen molar-refractivity contribution in [2.45, 2.75) is 19.3 Å². The van der Waals surface area contributed by atoms with Crippen LogP contribution in [0.25, 0.3) is 0 Å². The van der Waals surface area contributed by atoms with Crippen LogP contribution in [0, 0.1) is 0 Å². The lowest BCUT2D eigenvalue weighted by molar-refractivity contribution is 0.336. The Morgan fingerprint density at radius 2 is 1.80 bits per heavy atom. The molecule has 2 nitrogen and oxygen atoms in total. The highest BCUT2D eigenvalue weighted by Gasteiger charge is 2.09. The second-order valence-electron chi connectivity index (χ2n) is 2.69. The molecule has 0 amide bonds. The van der Waals surface area contributed by atoms with Crippen molar-refractivity contribution in [3.05, 3.63) is 0 Å². The molecule has 0 aromatic rings. The van der Waals surface area contributed by atoms with Crippen LogP contribution in [0.3, 0.4) is 0 Å². The zero-order valence-corrected chi connectivity index (χ0v) is 8.71. The zero-order valence-electron chi connectivity index (χ0n) is 6.38. The molecule has 62 valence electrons. The Hall–Kier alpha value is 0.650. The van der Waals surface area contributed by atoms with Gasteiger partial charge in [-0.2, -0.15) is 0 Å². The Kier molecular flexibility index (Phi) is 6.78. The number of hydrogen-bond acceptors (Lipinski definition) is 2. The van der Waals surface area contributed by atoms with E-state index in [9.17, 15) is 0 Å². The van der Waals surface area contributed by atoms with Gasteiger partial charge in [-0.25, -0.2) is 0 Å². The van der Waals surface area contributed by atoms with E-state index < -0.39 is 0 Å². The number of likely N-dealkylation sites (tertiary alicyclic amines) is 1. The minimum Gasteiger partial charge on any atom is -0.330 e. The largest absolute Gasteiger partial charge is 0.330 e. The minimum absolute atomic E-state index is 0. The van der Waals surface area contributed by atoms with Gasteiger partial charge in [-0.15, -0.1) is 24.0 Å². The first-order valence-electron chi connectivity index (χ1n) is 3.86. The summed E-state index contributed by atoms with van der Waals surface area (Å²) in [6.45, 7) is 4.67. The molecule has 1 aliphatic rings. The molecule has 1 saturated heterocycles. The van der Waals surface area contributed by atoms with Crippen LogP contribution >= 0.6 is 24.0 Å². The summed E-state index contributed by atoms with van der Waals surface area (Å²) in [4.78, 5) is 2.49. The summed E-state index contributed by atoms with van der Waals surface area (Å²) in [5, 5.41) is 0. The van der Waals surface area contributed by atoms with Gasteiger partial charge in [0, 0.05) is 0 Å². The molecule has 0 aromatic heterocycles. The molecule has 0 aliphatic carbocycles. The van der Waals surface area contributed by atoms with E-state index in [0.717, 1.165) is 6.54 Å². The highest BCUT2D eigenvalue weighted by molar-refractivity contribution is 14.0. The van der Waals surface area contributed by atoms with Crippen LogP contribution in [0.1, 0.15) is 19.3 Å². The topological polar surface area (TPSA) is 29.3 Å². The maximum absolute atomic E-state index is 5.38. The molecule has 1 fully saturated rings. The molecule has 0 unspecified atom stereocenters.